The Balaban J connectivity index is 1.62. The molecule has 0 N–H and O–H groups in total. The van der Waals surface area contributed by atoms with Gasteiger partial charge in [-0.05, 0) is 36.6 Å². The molecule has 4 rings (SSSR count). The van der Waals surface area contributed by atoms with Crippen molar-refractivity contribution in [3.63, 3.8) is 0 Å². The predicted molar refractivity (Wildman–Crippen MR) is 90.4 cm³/mol. The van der Waals surface area contributed by atoms with Crippen LogP contribution in [0.3, 0.4) is 0 Å². The number of pyridine rings is 1. The van der Waals surface area contributed by atoms with E-state index in [1.165, 1.54) is 0 Å². The predicted octanol–water partition coefficient (Wildman–Crippen LogP) is 2.12. The maximum Gasteiger partial charge on any atom is 0.254 e. The summed E-state index contributed by atoms with van der Waals surface area (Å²) in [5.74, 6) is 1.30. The summed E-state index contributed by atoms with van der Waals surface area (Å²) in [4.78, 5) is 26.9. The van der Waals surface area contributed by atoms with Gasteiger partial charge in [0.2, 0.25) is 0 Å². The molecule has 3 heterocycles. The Hall–Kier alpha value is -2.56. The third kappa shape index (κ3) is 2.50. The number of hydrogen-bond donors (Lipinski definition) is 0. The fraction of sp³-hybridized carbons (Fsp3) is 0.368. The molecule has 0 aliphatic carbocycles. The Morgan fingerprint density at radius 1 is 1.12 bits per heavy atom. The minimum absolute atomic E-state index is 0.0373. The van der Waals surface area contributed by atoms with Gasteiger partial charge in [0.15, 0.2) is 0 Å². The number of piperidine rings is 1. The second-order valence-electron chi connectivity index (χ2n) is 6.64. The summed E-state index contributed by atoms with van der Waals surface area (Å²) in [5, 5.41) is 0. The summed E-state index contributed by atoms with van der Waals surface area (Å²) in [6.07, 6.45) is 1.05. The average molecular weight is 324 g/mol. The molecule has 0 saturated carbocycles. The number of carbonyl (C=O) groups is 1. The van der Waals surface area contributed by atoms with Crippen molar-refractivity contribution in [1.82, 2.24) is 9.47 Å². The van der Waals surface area contributed by atoms with E-state index in [9.17, 15) is 9.59 Å². The van der Waals surface area contributed by atoms with E-state index in [1.807, 2.05) is 39.8 Å². The Kier molecular flexibility index (Phi) is 3.63. The maximum absolute atomic E-state index is 12.9. The smallest absolute Gasteiger partial charge is 0.254 e. The third-order valence-corrected chi connectivity index (χ3v) is 5.08. The van der Waals surface area contributed by atoms with Gasteiger partial charge in [-0.3, -0.25) is 9.59 Å². The van der Waals surface area contributed by atoms with Crippen molar-refractivity contribution in [1.29, 1.82) is 0 Å². The lowest BCUT2D eigenvalue weighted by Crippen LogP contribution is -2.49. The van der Waals surface area contributed by atoms with Gasteiger partial charge in [0.25, 0.3) is 11.5 Å². The molecule has 1 amide bonds. The lowest BCUT2D eigenvalue weighted by Gasteiger charge is -2.42. The van der Waals surface area contributed by atoms with E-state index in [4.69, 9.17) is 4.74 Å². The number of carbonyl (C=O) groups excluding carboxylic acids is 1. The number of likely N-dealkylation sites (tertiary alicyclic amines) is 1. The fourth-order valence-electron chi connectivity index (χ4n) is 4.00. The van der Waals surface area contributed by atoms with Gasteiger partial charge < -0.3 is 14.2 Å². The number of aromatic nitrogens is 1. The summed E-state index contributed by atoms with van der Waals surface area (Å²) >= 11 is 0. The van der Waals surface area contributed by atoms with Crippen LogP contribution in [0.2, 0.25) is 0 Å². The van der Waals surface area contributed by atoms with Crippen LogP contribution in [-0.4, -0.2) is 35.6 Å². The summed E-state index contributed by atoms with van der Waals surface area (Å²) in [5.41, 5.74) is 1.77. The lowest BCUT2D eigenvalue weighted by atomic mass is 9.83. The first-order valence-corrected chi connectivity index (χ1v) is 8.29. The third-order valence-electron chi connectivity index (χ3n) is 5.08. The van der Waals surface area contributed by atoms with Gasteiger partial charge in [0, 0.05) is 42.9 Å². The van der Waals surface area contributed by atoms with E-state index < -0.39 is 0 Å². The zero-order valence-electron chi connectivity index (χ0n) is 13.6. The maximum atomic E-state index is 12.9. The van der Waals surface area contributed by atoms with Gasteiger partial charge in [-0.15, -0.1) is 0 Å². The molecular weight excluding hydrogens is 304 g/mol. The van der Waals surface area contributed by atoms with Gasteiger partial charge in [0.1, 0.15) is 5.75 Å². The van der Waals surface area contributed by atoms with Crippen molar-refractivity contribution >= 4 is 5.91 Å². The molecule has 1 aromatic carbocycles. The summed E-state index contributed by atoms with van der Waals surface area (Å²) in [6.45, 7) is 2.07. The molecule has 2 atom stereocenters. The molecule has 1 saturated heterocycles. The van der Waals surface area contributed by atoms with Gasteiger partial charge in [-0.1, -0.05) is 12.1 Å². The standard InChI is InChI=1S/C19H20N2O3/c1-24-16-5-2-4-14(9-16)19(23)20-10-13-8-15(12-20)17-6-3-7-18(22)21(17)11-13/h2-7,9,13,15H,8,10-12H2,1H3/t13-,15-/m1/s1. The number of amides is 1. The minimum Gasteiger partial charge on any atom is -0.497 e. The van der Waals surface area contributed by atoms with Crippen LogP contribution < -0.4 is 10.3 Å². The average Bonchev–Trinajstić information content (AvgIpc) is 2.62. The monoisotopic (exact) mass is 324 g/mol. The minimum atomic E-state index is 0.0373. The molecule has 2 aliphatic heterocycles. The fourth-order valence-corrected chi connectivity index (χ4v) is 4.00. The van der Waals surface area contributed by atoms with E-state index in [0.29, 0.717) is 36.9 Å². The Labute approximate surface area is 140 Å². The number of benzene rings is 1. The Morgan fingerprint density at radius 2 is 1.96 bits per heavy atom. The van der Waals surface area contributed by atoms with Crippen LogP contribution in [0.25, 0.3) is 0 Å². The molecule has 0 spiro atoms. The highest BCUT2D eigenvalue weighted by Crippen LogP contribution is 2.35. The van der Waals surface area contributed by atoms with E-state index in [0.717, 1.165) is 12.1 Å². The lowest BCUT2D eigenvalue weighted by molar-refractivity contribution is 0.0594. The molecular formula is C19H20N2O3. The van der Waals surface area contributed by atoms with Crippen LogP contribution in [0.1, 0.15) is 28.4 Å². The first-order chi connectivity index (χ1) is 11.7. The van der Waals surface area contributed by atoms with Crippen molar-refractivity contribution < 1.29 is 9.53 Å². The second kappa shape index (κ2) is 5.82. The van der Waals surface area contributed by atoms with Gasteiger partial charge >= 0.3 is 0 Å². The SMILES string of the molecule is COc1cccc(C(=O)N2C[C@H]3C[C@H](C2)c2cccc(=O)n2C3)c1. The zero-order chi connectivity index (χ0) is 16.7. The Bertz CT molecular complexity index is 843. The normalized spacial score (nSPS) is 22.0. The number of nitrogens with zero attached hydrogens (tertiary/aromatic N) is 2. The molecule has 2 aromatic rings. The highest BCUT2D eigenvalue weighted by Gasteiger charge is 2.36. The van der Waals surface area contributed by atoms with E-state index in [2.05, 4.69) is 0 Å². The number of fused-ring (bicyclic) bond motifs is 4. The van der Waals surface area contributed by atoms with Gasteiger partial charge in [-0.2, -0.15) is 0 Å². The highest BCUT2D eigenvalue weighted by molar-refractivity contribution is 5.94. The first kappa shape index (κ1) is 15.0. The number of hydrogen-bond acceptors (Lipinski definition) is 3. The number of rotatable bonds is 2. The summed E-state index contributed by atoms with van der Waals surface area (Å²) in [6, 6.07) is 12.7. The van der Waals surface area contributed by atoms with Crippen LogP contribution in [-0.2, 0) is 6.54 Å². The molecule has 0 unspecified atom stereocenters. The van der Waals surface area contributed by atoms with Crippen LogP contribution in [0.15, 0.2) is 47.3 Å². The van der Waals surface area contributed by atoms with Crippen molar-refractivity contribution in [2.24, 2.45) is 5.92 Å². The van der Waals surface area contributed by atoms with Crippen LogP contribution >= 0.6 is 0 Å². The summed E-state index contributed by atoms with van der Waals surface area (Å²) < 4.78 is 7.10. The van der Waals surface area contributed by atoms with Crippen molar-refractivity contribution in [3.8, 4) is 5.75 Å². The highest BCUT2D eigenvalue weighted by atomic mass is 16.5. The van der Waals surface area contributed by atoms with E-state index in [1.54, 1.807) is 19.2 Å². The largest absolute Gasteiger partial charge is 0.497 e. The van der Waals surface area contributed by atoms with Crippen LogP contribution in [0.5, 0.6) is 5.75 Å². The van der Waals surface area contributed by atoms with Crippen LogP contribution in [0, 0.1) is 5.92 Å². The number of ether oxygens (including phenoxy) is 1. The molecule has 2 aliphatic rings. The quantitative estimate of drug-likeness (QED) is 0.850. The van der Waals surface area contributed by atoms with Crippen LogP contribution in [0.4, 0.5) is 0 Å². The topological polar surface area (TPSA) is 51.5 Å². The van der Waals surface area contributed by atoms with Crippen molar-refractivity contribution in [2.75, 3.05) is 20.2 Å². The van der Waals surface area contributed by atoms with E-state index >= 15 is 0 Å². The molecule has 5 nitrogen and oxygen atoms in total. The van der Waals surface area contributed by atoms with Gasteiger partial charge in [0.05, 0.1) is 7.11 Å². The van der Waals surface area contributed by atoms with Crippen molar-refractivity contribution in [2.45, 2.75) is 18.9 Å². The molecule has 0 radical (unpaired) electrons. The summed E-state index contributed by atoms with van der Waals surface area (Å²) in [7, 11) is 1.60. The molecule has 2 bridgehead atoms. The first-order valence-electron chi connectivity index (χ1n) is 8.29. The van der Waals surface area contributed by atoms with E-state index in [-0.39, 0.29) is 17.4 Å². The number of methoxy groups -OCH3 is 1. The van der Waals surface area contributed by atoms with Gasteiger partial charge in [-0.25, -0.2) is 0 Å². The zero-order valence-corrected chi connectivity index (χ0v) is 13.6. The molecule has 1 fully saturated rings. The van der Waals surface area contributed by atoms with Crippen molar-refractivity contribution in [3.05, 3.63) is 64.1 Å². The Morgan fingerprint density at radius 3 is 2.79 bits per heavy atom. The molecule has 124 valence electrons. The molecule has 5 heteroatoms. The second-order valence-corrected chi connectivity index (χ2v) is 6.64. The molecule has 1 aromatic heterocycles. The molecule has 24 heavy (non-hydrogen) atoms.